The molecular weight excluding hydrogens is 316 g/mol. The Bertz CT molecular complexity index is 701. The second kappa shape index (κ2) is 9.13. The summed E-state index contributed by atoms with van der Waals surface area (Å²) < 4.78 is 5.38. The Morgan fingerprint density at radius 2 is 1.72 bits per heavy atom. The lowest BCUT2D eigenvalue weighted by Crippen LogP contribution is -2.39. The van der Waals surface area contributed by atoms with Crippen LogP contribution in [0.25, 0.3) is 0 Å². The van der Waals surface area contributed by atoms with Gasteiger partial charge in [-0.05, 0) is 17.2 Å². The molecule has 1 aliphatic heterocycles. The Labute approximate surface area is 147 Å². The number of esters is 1. The van der Waals surface area contributed by atoms with Gasteiger partial charge in [-0.25, -0.2) is 4.79 Å². The molecule has 0 spiro atoms. The van der Waals surface area contributed by atoms with Crippen molar-refractivity contribution in [2.45, 2.75) is 13.2 Å². The van der Waals surface area contributed by atoms with E-state index in [0.29, 0.717) is 25.4 Å². The van der Waals surface area contributed by atoms with Crippen LogP contribution in [0.4, 0.5) is 0 Å². The number of nitrogens with zero attached hydrogens (tertiary/aromatic N) is 1. The molecule has 1 heterocycles. The molecule has 1 aliphatic rings. The second-order valence-corrected chi connectivity index (χ2v) is 5.80. The van der Waals surface area contributed by atoms with E-state index in [1.165, 1.54) is 5.56 Å². The van der Waals surface area contributed by atoms with Crippen LogP contribution >= 0.6 is 0 Å². The SMILES string of the molecule is O=C(OCc1ccccc1)C1=CCON(CNCc2ccccc2)C1. The van der Waals surface area contributed by atoms with E-state index >= 15 is 0 Å². The quantitative estimate of drug-likeness (QED) is 0.787. The highest BCUT2D eigenvalue weighted by Gasteiger charge is 2.19. The fourth-order valence-corrected chi connectivity index (χ4v) is 2.53. The number of carbonyl (C=O) groups excluding carboxylic acids is 1. The number of benzene rings is 2. The van der Waals surface area contributed by atoms with E-state index in [9.17, 15) is 4.79 Å². The van der Waals surface area contributed by atoms with Gasteiger partial charge in [0.15, 0.2) is 0 Å². The van der Waals surface area contributed by atoms with E-state index in [2.05, 4.69) is 17.4 Å². The summed E-state index contributed by atoms with van der Waals surface area (Å²) in [4.78, 5) is 17.8. The molecule has 3 rings (SSSR count). The van der Waals surface area contributed by atoms with E-state index in [-0.39, 0.29) is 12.6 Å². The Kier molecular flexibility index (Phi) is 6.34. The molecule has 0 unspecified atom stereocenters. The van der Waals surface area contributed by atoms with Gasteiger partial charge in [0.2, 0.25) is 0 Å². The predicted octanol–water partition coefficient (Wildman–Crippen LogP) is 2.65. The Morgan fingerprint density at radius 1 is 1.04 bits per heavy atom. The van der Waals surface area contributed by atoms with Gasteiger partial charge in [0.05, 0.1) is 25.4 Å². The van der Waals surface area contributed by atoms with Gasteiger partial charge in [-0.15, -0.1) is 0 Å². The minimum Gasteiger partial charge on any atom is -0.457 e. The van der Waals surface area contributed by atoms with Crippen LogP contribution in [0.5, 0.6) is 0 Å². The topological polar surface area (TPSA) is 50.8 Å². The number of hydrogen-bond acceptors (Lipinski definition) is 5. The first-order valence-electron chi connectivity index (χ1n) is 8.34. The molecular formula is C20H22N2O3. The summed E-state index contributed by atoms with van der Waals surface area (Å²) in [7, 11) is 0. The lowest BCUT2D eigenvalue weighted by atomic mass is 10.2. The van der Waals surface area contributed by atoms with Crippen molar-refractivity contribution in [3.05, 3.63) is 83.4 Å². The first kappa shape index (κ1) is 17.4. The molecule has 5 heteroatoms. The maximum absolute atomic E-state index is 12.2. The minimum absolute atomic E-state index is 0.282. The molecule has 0 amide bonds. The molecule has 0 saturated heterocycles. The van der Waals surface area contributed by atoms with E-state index < -0.39 is 0 Å². The second-order valence-electron chi connectivity index (χ2n) is 5.80. The number of carbonyl (C=O) groups is 1. The molecule has 25 heavy (non-hydrogen) atoms. The van der Waals surface area contributed by atoms with Crippen LogP contribution < -0.4 is 5.32 Å². The molecule has 1 N–H and O–H groups in total. The van der Waals surface area contributed by atoms with Crippen molar-refractivity contribution in [3.8, 4) is 0 Å². The highest BCUT2D eigenvalue weighted by Crippen LogP contribution is 2.10. The summed E-state index contributed by atoms with van der Waals surface area (Å²) in [5.74, 6) is -0.291. The lowest BCUT2D eigenvalue weighted by molar-refractivity contribution is -0.162. The first-order valence-corrected chi connectivity index (χ1v) is 8.34. The molecule has 0 atom stereocenters. The molecule has 5 nitrogen and oxygen atoms in total. The zero-order chi connectivity index (χ0) is 17.3. The molecule has 0 aromatic heterocycles. The van der Waals surface area contributed by atoms with Gasteiger partial charge < -0.3 is 4.74 Å². The van der Waals surface area contributed by atoms with Crippen LogP contribution in [0.2, 0.25) is 0 Å². The lowest BCUT2D eigenvalue weighted by Gasteiger charge is -2.26. The Hall–Kier alpha value is -2.47. The molecule has 2 aromatic carbocycles. The van der Waals surface area contributed by atoms with E-state index in [1.807, 2.05) is 48.5 Å². The number of ether oxygens (including phenoxy) is 1. The van der Waals surface area contributed by atoms with Gasteiger partial charge >= 0.3 is 5.97 Å². The third kappa shape index (κ3) is 5.53. The summed E-state index contributed by atoms with van der Waals surface area (Å²) in [6.45, 7) is 2.36. The largest absolute Gasteiger partial charge is 0.457 e. The monoisotopic (exact) mass is 338 g/mol. The minimum atomic E-state index is -0.291. The summed E-state index contributed by atoms with van der Waals surface area (Å²) >= 11 is 0. The highest BCUT2D eigenvalue weighted by molar-refractivity contribution is 5.89. The van der Waals surface area contributed by atoms with Crippen molar-refractivity contribution in [2.24, 2.45) is 0 Å². The van der Waals surface area contributed by atoms with E-state index in [0.717, 1.165) is 12.1 Å². The third-order valence-electron chi connectivity index (χ3n) is 3.87. The number of hydroxylamine groups is 2. The first-order chi connectivity index (χ1) is 12.3. The smallest absolute Gasteiger partial charge is 0.335 e. The molecule has 0 saturated carbocycles. The predicted molar refractivity (Wildman–Crippen MR) is 95.1 cm³/mol. The van der Waals surface area contributed by atoms with Crippen LogP contribution in [0.15, 0.2) is 72.3 Å². The standard InChI is InChI=1S/C20H22N2O3/c23-20(24-15-18-9-5-2-6-10-18)19-11-12-25-22(14-19)16-21-13-17-7-3-1-4-8-17/h1-11,21H,12-16H2. The van der Waals surface area contributed by atoms with Crippen molar-refractivity contribution in [3.63, 3.8) is 0 Å². The molecule has 0 fully saturated rings. The third-order valence-corrected chi connectivity index (χ3v) is 3.87. The van der Waals surface area contributed by atoms with Crippen molar-refractivity contribution in [1.82, 2.24) is 10.4 Å². The molecule has 2 aromatic rings. The van der Waals surface area contributed by atoms with Gasteiger partial charge in [-0.3, -0.25) is 10.2 Å². The van der Waals surface area contributed by atoms with Crippen molar-refractivity contribution < 1.29 is 14.4 Å². The normalized spacial score (nSPS) is 14.8. The van der Waals surface area contributed by atoms with Crippen LogP contribution in [0.1, 0.15) is 11.1 Å². The van der Waals surface area contributed by atoms with Gasteiger partial charge in [0.1, 0.15) is 6.61 Å². The van der Waals surface area contributed by atoms with E-state index in [4.69, 9.17) is 9.57 Å². The summed E-state index contributed by atoms with van der Waals surface area (Å²) in [5.41, 5.74) is 2.81. The van der Waals surface area contributed by atoms with Crippen LogP contribution in [-0.2, 0) is 27.5 Å². The summed E-state index contributed by atoms with van der Waals surface area (Å²) in [6.07, 6.45) is 1.78. The summed E-state index contributed by atoms with van der Waals surface area (Å²) in [5, 5.41) is 5.05. The fourth-order valence-electron chi connectivity index (χ4n) is 2.53. The zero-order valence-corrected chi connectivity index (χ0v) is 14.1. The number of nitrogens with one attached hydrogen (secondary N) is 1. The average molecular weight is 338 g/mol. The van der Waals surface area contributed by atoms with Crippen LogP contribution in [-0.4, -0.2) is 30.9 Å². The van der Waals surface area contributed by atoms with Gasteiger partial charge in [-0.2, -0.15) is 5.06 Å². The number of rotatable bonds is 7. The average Bonchev–Trinajstić information content (AvgIpc) is 2.68. The maximum atomic E-state index is 12.2. The molecule has 130 valence electrons. The Balaban J connectivity index is 1.42. The van der Waals surface area contributed by atoms with Crippen molar-refractivity contribution in [2.75, 3.05) is 19.8 Å². The summed E-state index contributed by atoms with van der Waals surface area (Å²) in [6, 6.07) is 19.8. The fraction of sp³-hybridized carbons (Fsp3) is 0.250. The van der Waals surface area contributed by atoms with Crippen molar-refractivity contribution >= 4 is 5.97 Å². The van der Waals surface area contributed by atoms with E-state index in [1.54, 1.807) is 11.1 Å². The molecule has 0 radical (unpaired) electrons. The van der Waals surface area contributed by atoms with Gasteiger partial charge in [0, 0.05) is 6.54 Å². The molecule has 0 bridgehead atoms. The van der Waals surface area contributed by atoms with Crippen LogP contribution in [0, 0.1) is 0 Å². The molecule has 0 aliphatic carbocycles. The van der Waals surface area contributed by atoms with Crippen LogP contribution in [0.3, 0.4) is 0 Å². The highest BCUT2D eigenvalue weighted by atomic mass is 16.7. The number of hydrogen-bond donors (Lipinski definition) is 1. The zero-order valence-electron chi connectivity index (χ0n) is 14.1. The van der Waals surface area contributed by atoms with Gasteiger partial charge in [-0.1, -0.05) is 60.7 Å². The maximum Gasteiger partial charge on any atom is 0.335 e. The van der Waals surface area contributed by atoms with Crippen molar-refractivity contribution in [1.29, 1.82) is 0 Å². The van der Waals surface area contributed by atoms with Gasteiger partial charge in [0.25, 0.3) is 0 Å². The Morgan fingerprint density at radius 3 is 2.44 bits per heavy atom.